The molecule has 6 rings (SSSR count). The van der Waals surface area contributed by atoms with Crippen LogP contribution in [0.25, 0.3) is 10.8 Å². The van der Waals surface area contributed by atoms with Crippen molar-refractivity contribution in [2.45, 2.75) is 102 Å². The molecule has 3 heterocycles. The number of hydrogen-bond donors (Lipinski definition) is 2. The minimum absolute atomic E-state index is 0.00277. The van der Waals surface area contributed by atoms with E-state index in [0.717, 1.165) is 28.6 Å². The summed E-state index contributed by atoms with van der Waals surface area (Å²) in [7, 11) is 0. The Kier molecular flexibility index (Phi) is 9.72. The molecular formula is C37H48N4O2. The Bertz CT molecular complexity index is 1370. The maximum absolute atomic E-state index is 13.3. The zero-order chi connectivity index (χ0) is 29.5. The number of pyridine rings is 1. The van der Waals surface area contributed by atoms with Crippen LogP contribution in [-0.2, 0) is 4.79 Å². The zero-order valence-electron chi connectivity index (χ0n) is 25.7. The molecule has 2 atom stereocenters. The van der Waals surface area contributed by atoms with Crippen LogP contribution in [0.5, 0.6) is 0 Å². The highest BCUT2D eigenvalue weighted by Crippen LogP contribution is 2.42. The molecule has 2 aliphatic heterocycles. The summed E-state index contributed by atoms with van der Waals surface area (Å²) in [5.41, 5.74) is 3.03. The first-order valence-corrected chi connectivity index (χ1v) is 16.9. The highest BCUT2D eigenvalue weighted by Gasteiger charge is 2.39. The van der Waals surface area contributed by atoms with Crippen molar-refractivity contribution < 1.29 is 9.59 Å². The Balaban J connectivity index is 1.06. The largest absolute Gasteiger partial charge is 0.350 e. The van der Waals surface area contributed by atoms with Crippen LogP contribution in [0, 0.1) is 5.41 Å². The molecule has 3 fully saturated rings. The quantitative estimate of drug-likeness (QED) is 0.327. The molecule has 6 heteroatoms. The van der Waals surface area contributed by atoms with Gasteiger partial charge in [0.15, 0.2) is 0 Å². The van der Waals surface area contributed by atoms with E-state index in [1.807, 2.05) is 53.6 Å². The molecule has 1 saturated carbocycles. The van der Waals surface area contributed by atoms with Gasteiger partial charge < -0.3 is 15.5 Å². The Hall–Kier alpha value is -3.25. The van der Waals surface area contributed by atoms with E-state index >= 15 is 0 Å². The van der Waals surface area contributed by atoms with Gasteiger partial charge in [0.05, 0.1) is 0 Å². The molecule has 2 saturated heterocycles. The van der Waals surface area contributed by atoms with Crippen molar-refractivity contribution in [3.8, 4) is 0 Å². The van der Waals surface area contributed by atoms with Gasteiger partial charge in [0.1, 0.15) is 0 Å². The number of piperidine rings is 1. The van der Waals surface area contributed by atoms with E-state index in [1.165, 1.54) is 83.5 Å². The number of nitrogens with one attached hydrogen (secondary N) is 2. The molecule has 6 nitrogen and oxygen atoms in total. The highest BCUT2D eigenvalue weighted by atomic mass is 16.2. The van der Waals surface area contributed by atoms with Crippen molar-refractivity contribution in [1.29, 1.82) is 0 Å². The topological polar surface area (TPSA) is 74.3 Å². The van der Waals surface area contributed by atoms with Crippen molar-refractivity contribution in [3.63, 3.8) is 0 Å². The van der Waals surface area contributed by atoms with Gasteiger partial charge in [-0.15, -0.1) is 0 Å². The number of carbonyl (C=O) groups is 2. The van der Waals surface area contributed by atoms with E-state index in [0.29, 0.717) is 36.5 Å². The lowest BCUT2D eigenvalue weighted by Gasteiger charge is -2.46. The van der Waals surface area contributed by atoms with Gasteiger partial charge in [-0.1, -0.05) is 76.0 Å². The molecule has 2 N–H and O–H groups in total. The highest BCUT2D eigenvalue weighted by molar-refractivity contribution is 5.99. The molecule has 3 aliphatic rings. The SMILES string of the molecule is O=C(NCC1NCCCC12CCCCCCCCCCC2)c1ccc(C2CC(=O)N(c3ccc4cnccc4c3)C2)cc1. The van der Waals surface area contributed by atoms with E-state index in [-0.39, 0.29) is 17.7 Å². The Labute approximate surface area is 257 Å². The van der Waals surface area contributed by atoms with E-state index in [4.69, 9.17) is 0 Å². The Morgan fingerprint density at radius 1 is 0.860 bits per heavy atom. The predicted octanol–water partition coefficient (Wildman–Crippen LogP) is 7.53. The van der Waals surface area contributed by atoms with Crippen molar-refractivity contribution in [3.05, 3.63) is 72.1 Å². The average molecular weight is 581 g/mol. The molecule has 43 heavy (non-hydrogen) atoms. The number of aromatic nitrogens is 1. The third-order valence-corrected chi connectivity index (χ3v) is 10.5. The molecule has 1 aliphatic carbocycles. The van der Waals surface area contributed by atoms with Gasteiger partial charge in [-0.25, -0.2) is 0 Å². The molecule has 0 bridgehead atoms. The fraction of sp³-hybridized carbons (Fsp3) is 0.541. The summed E-state index contributed by atoms with van der Waals surface area (Å²) in [6.07, 6.45) is 21.4. The lowest BCUT2D eigenvalue weighted by Crippen LogP contribution is -2.55. The lowest BCUT2D eigenvalue weighted by molar-refractivity contribution is -0.117. The second kappa shape index (κ2) is 14.0. The van der Waals surface area contributed by atoms with Crippen LogP contribution in [0.4, 0.5) is 5.69 Å². The van der Waals surface area contributed by atoms with Crippen molar-refractivity contribution in [2.24, 2.45) is 5.41 Å². The van der Waals surface area contributed by atoms with E-state index in [1.54, 1.807) is 6.20 Å². The zero-order valence-corrected chi connectivity index (χ0v) is 25.7. The summed E-state index contributed by atoms with van der Waals surface area (Å²) in [6.45, 7) is 2.38. The summed E-state index contributed by atoms with van der Waals surface area (Å²) >= 11 is 0. The van der Waals surface area contributed by atoms with Crippen LogP contribution >= 0.6 is 0 Å². The minimum atomic E-state index is -0.00277. The van der Waals surface area contributed by atoms with Crippen molar-refractivity contribution >= 4 is 28.3 Å². The Morgan fingerprint density at radius 2 is 1.56 bits per heavy atom. The number of carbonyl (C=O) groups excluding carboxylic acids is 2. The molecule has 0 radical (unpaired) electrons. The smallest absolute Gasteiger partial charge is 0.251 e. The molecule has 1 spiro atoms. The van der Waals surface area contributed by atoms with Gasteiger partial charge >= 0.3 is 0 Å². The number of anilines is 1. The fourth-order valence-corrected chi connectivity index (χ4v) is 7.93. The lowest BCUT2D eigenvalue weighted by atomic mass is 9.67. The van der Waals surface area contributed by atoms with Crippen LogP contribution in [0.1, 0.15) is 112 Å². The van der Waals surface area contributed by atoms with Gasteiger partial charge in [-0.2, -0.15) is 0 Å². The maximum atomic E-state index is 13.3. The molecule has 2 aromatic carbocycles. The summed E-state index contributed by atoms with van der Waals surface area (Å²) in [4.78, 5) is 32.4. The monoisotopic (exact) mass is 580 g/mol. The summed E-state index contributed by atoms with van der Waals surface area (Å²) in [5, 5.41) is 9.27. The Morgan fingerprint density at radius 3 is 2.30 bits per heavy atom. The van der Waals surface area contributed by atoms with Gasteiger partial charge in [-0.3, -0.25) is 14.6 Å². The molecule has 3 aromatic rings. The second-order valence-electron chi connectivity index (χ2n) is 13.3. The van der Waals surface area contributed by atoms with Crippen LogP contribution in [0.3, 0.4) is 0 Å². The number of benzene rings is 2. The average Bonchev–Trinajstić information content (AvgIpc) is 3.43. The third kappa shape index (κ3) is 7.12. The number of amides is 2. The van der Waals surface area contributed by atoms with Gasteiger partial charge in [0.25, 0.3) is 5.91 Å². The number of rotatable bonds is 5. The van der Waals surface area contributed by atoms with Crippen LogP contribution in [-0.4, -0.2) is 42.5 Å². The molecule has 1 aromatic heterocycles. The van der Waals surface area contributed by atoms with Crippen molar-refractivity contribution in [2.75, 3.05) is 24.5 Å². The molecular weight excluding hydrogens is 532 g/mol. The number of hydrogen-bond acceptors (Lipinski definition) is 4. The van der Waals surface area contributed by atoms with Crippen LogP contribution in [0.15, 0.2) is 60.9 Å². The third-order valence-electron chi connectivity index (χ3n) is 10.5. The summed E-state index contributed by atoms with van der Waals surface area (Å²) in [6, 6.07) is 16.4. The standard InChI is InChI=1S/C37H48N4O2/c42-35-24-32(27-41(35)33-16-15-31-25-38-22-17-30(31)23-33)28-11-13-29(14-12-28)36(43)40-26-34-37(20-10-21-39-34)18-8-6-4-2-1-3-5-7-9-19-37/h11-17,22-23,25,32,34,39H,1-10,18-21,24,26-27H2,(H,40,43). The predicted molar refractivity (Wildman–Crippen MR) is 174 cm³/mol. The first-order chi connectivity index (χ1) is 21.1. The van der Waals surface area contributed by atoms with Gasteiger partial charge in [0, 0.05) is 60.5 Å². The molecule has 2 unspecified atom stereocenters. The van der Waals surface area contributed by atoms with E-state index < -0.39 is 0 Å². The number of nitrogens with zero attached hydrogens (tertiary/aromatic N) is 2. The molecule has 228 valence electrons. The fourth-order valence-electron chi connectivity index (χ4n) is 7.93. The van der Waals surface area contributed by atoms with Crippen molar-refractivity contribution in [1.82, 2.24) is 15.6 Å². The van der Waals surface area contributed by atoms with E-state index in [9.17, 15) is 9.59 Å². The first-order valence-electron chi connectivity index (χ1n) is 16.9. The summed E-state index contributed by atoms with van der Waals surface area (Å²) < 4.78 is 0. The maximum Gasteiger partial charge on any atom is 0.251 e. The number of fused-ring (bicyclic) bond motifs is 1. The first kappa shape index (κ1) is 29.8. The second-order valence-corrected chi connectivity index (χ2v) is 13.3. The van der Waals surface area contributed by atoms with E-state index in [2.05, 4.69) is 21.7 Å². The van der Waals surface area contributed by atoms with Crippen LogP contribution < -0.4 is 15.5 Å². The van der Waals surface area contributed by atoms with Crippen LogP contribution in [0.2, 0.25) is 0 Å². The van der Waals surface area contributed by atoms with Gasteiger partial charge in [-0.05, 0) is 78.9 Å². The van der Waals surface area contributed by atoms with Gasteiger partial charge in [0.2, 0.25) is 5.91 Å². The summed E-state index contributed by atoms with van der Waals surface area (Å²) in [5.74, 6) is 0.253. The minimum Gasteiger partial charge on any atom is -0.350 e. The normalized spacial score (nSPS) is 23.5. The molecule has 2 amide bonds.